The molecule has 0 aliphatic rings. The molecule has 0 atom stereocenters. The predicted molar refractivity (Wildman–Crippen MR) is 121 cm³/mol. The molecule has 0 aromatic heterocycles. The number of esters is 1. The van der Waals surface area contributed by atoms with Crippen molar-refractivity contribution >= 4 is 34.0 Å². The quantitative estimate of drug-likeness (QED) is 0.345. The Kier molecular flexibility index (Phi) is 5.53. The summed E-state index contributed by atoms with van der Waals surface area (Å²) in [7, 11) is 1.29. The van der Waals surface area contributed by atoms with Crippen LogP contribution in [-0.4, -0.2) is 19.0 Å². The van der Waals surface area contributed by atoms with Crippen molar-refractivity contribution in [1.29, 1.82) is 0 Å². The largest absolute Gasteiger partial charge is 0.465 e. The maximum atomic E-state index is 12.7. The summed E-state index contributed by atoms with van der Waals surface area (Å²) in [6.07, 6.45) is 0. The van der Waals surface area contributed by atoms with Crippen molar-refractivity contribution < 1.29 is 19.1 Å². The molecule has 31 heavy (non-hydrogen) atoms. The number of hydrogen-bond acceptors (Lipinski definition) is 5. The lowest BCUT2D eigenvalue weighted by molar-refractivity contribution is 0.0602. The Bertz CT molecular complexity index is 1280. The van der Waals surface area contributed by atoms with E-state index in [9.17, 15) is 9.59 Å². The van der Waals surface area contributed by atoms with Crippen LogP contribution in [0.4, 0.5) is 11.4 Å². The van der Waals surface area contributed by atoms with E-state index in [1.54, 1.807) is 36.4 Å². The van der Waals surface area contributed by atoms with Gasteiger partial charge in [0.25, 0.3) is 5.91 Å². The van der Waals surface area contributed by atoms with E-state index in [1.165, 1.54) is 13.2 Å². The van der Waals surface area contributed by atoms with Gasteiger partial charge in [0.15, 0.2) is 0 Å². The number of nitrogens with two attached hydrogens (primary N) is 1. The zero-order valence-electron chi connectivity index (χ0n) is 16.8. The third-order valence-corrected chi connectivity index (χ3v) is 4.80. The fourth-order valence-corrected chi connectivity index (χ4v) is 3.22. The van der Waals surface area contributed by atoms with Crippen LogP contribution in [0.5, 0.6) is 11.5 Å². The minimum atomic E-state index is -0.533. The highest BCUT2D eigenvalue weighted by atomic mass is 16.5. The number of nitrogen functional groups attached to an aromatic ring is 1. The number of fused-ring (bicyclic) bond motifs is 1. The van der Waals surface area contributed by atoms with Gasteiger partial charge in [0.2, 0.25) is 0 Å². The van der Waals surface area contributed by atoms with Gasteiger partial charge in [0, 0.05) is 5.56 Å². The van der Waals surface area contributed by atoms with Crippen molar-refractivity contribution in [3.05, 3.63) is 96.1 Å². The van der Waals surface area contributed by atoms with Gasteiger partial charge in [-0.15, -0.1) is 0 Å². The average molecular weight is 412 g/mol. The second-order valence-electron chi connectivity index (χ2n) is 6.85. The average Bonchev–Trinajstić information content (AvgIpc) is 2.80. The fraction of sp³-hybridized carbons (Fsp3) is 0.0400. The van der Waals surface area contributed by atoms with E-state index >= 15 is 0 Å². The molecule has 0 heterocycles. The number of carbonyl (C=O) groups excluding carboxylic acids is 2. The van der Waals surface area contributed by atoms with Gasteiger partial charge in [-0.3, -0.25) is 4.79 Å². The fourth-order valence-electron chi connectivity index (χ4n) is 3.22. The van der Waals surface area contributed by atoms with Gasteiger partial charge in [-0.05, 0) is 53.2 Å². The van der Waals surface area contributed by atoms with Crippen LogP contribution in [0.2, 0.25) is 0 Å². The van der Waals surface area contributed by atoms with Gasteiger partial charge in [-0.25, -0.2) is 4.79 Å². The first kappa shape index (κ1) is 20.0. The molecule has 4 aromatic carbocycles. The summed E-state index contributed by atoms with van der Waals surface area (Å²) in [5.41, 5.74) is 7.41. The molecule has 0 saturated carbocycles. The van der Waals surface area contributed by atoms with Crippen LogP contribution in [0.3, 0.4) is 0 Å². The van der Waals surface area contributed by atoms with E-state index in [2.05, 4.69) is 5.32 Å². The predicted octanol–water partition coefficient (Wildman–Crippen LogP) is 5.25. The zero-order valence-corrected chi connectivity index (χ0v) is 16.8. The summed E-state index contributed by atoms with van der Waals surface area (Å²) in [5.74, 6) is 0.159. The van der Waals surface area contributed by atoms with Crippen molar-refractivity contribution in [3.63, 3.8) is 0 Å². The molecule has 0 saturated heterocycles. The lowest BCUT2D eigenvalue weighted by atomic mass is 10.1. The number of amides is 1. The number of anilines is 2. The SMILES string of the molecule is COC(=O)c1ccccc1NC(=O)c1ccc(Oc2ccc3ccccc3c2)c(N)c1. The molecule has 1 amide bonds. The first-order valence-corrected chi connectivity index (χ1v) is 9.60. The van der Waals surface area contributed by atoms with Crippen molar-refractivity contribution in [1.82, 2.24) is 0 Å². The number of nitrogens with one attached hydrogen (secondary N) is 1. The highest BCUT2D eigenvalue weighted by Gasteiger charge is 2.15. The van der Waals surface area contributed by atoms with Crippen LogP contribution in [-0.2, 0) is 4.74 Å². The summed E-state index contributed by atoms with van der Waals surface area (Å²) >= 11 is 0. The van der Waals surface area contributed by atoms with Crippen LogP contribution >= 0.6 is 0 Å². The molecule has 6 heteroatoms. The van der Waals surface area contributed by atoms with Gasteiger partial charge < -0.3 is 20.5 Å². The van der Waals surface area contributed by atoms with E-state index < -0.39 is 11.9 Å². The molecule has 154 valence electrons. The Balaban J connectivity index is 1.53. The van der Waals surface area contributed by atoms with Crippen LogP contribution in [0, 0.1) is 0 Å². The van der Waals surface area contributed by atoms with E-state index in [0.717, 1.165) is 10.8 Å². The van der Waals surface area contributed by atoms with Gasteiger partial charge in [-0.1, -0.05) is 42.5 Å². The summed E-state index contributed by atoms with van der Waals surface area (Å²) in [6, 6.07) is 25.2. The minimum absolute atomic E-state index is 0.266. The number of methoxy groups -OCH3 is 1. The summed E-state index contributed by atoms with van der Waals surface area (Å²) < 4.78 is 10.7. The maximum Gasteiger partial charge on any atom is 0.339 e. The molecule has 0 unspecified atom stereocenters. The molecule has 4 rings (SSSR count). The van der Waals surface area contributed by atoms with Crippen molar-refractivity contribution in [2.75, 3.05) is 18.2 Å². The first-order valence-electron chi connectivity index (χ1n) is 9.60. The number of carbonyl (C=O) groups is 2. The zero-order chi connectivity index (χ0) is 21.8. The molecule has 4 aromatic rings. The first-order chi connectivity index (χ1) is 15.0. The summed E-state index contributed by atoms with van der Waals surface area (Å²) in [5, 5.41) is 4.89. The third-order valence-electron chi connectivity index (χ3n) is 4.80. The number of rotatable bonds is 5. The second-order valence-corrected chi connectivity index (χ2v) is 6.85. The number of hydrogen-bond donors (Lipinski definition) is 2. The standard InChI is InChI=1S/C25H20N2O4/c1-30-25(29)20-8-4-5-9-22(20)27-24(28)18-11-13-23(21(26)15-18)31-19-12-10-16-6-2-3-7-17(16)14-19/h2-15H,26H2,1H3,(H,27,28). The Morgan fingerprint density at radius 3 is 2.35 bits per heavy atom. The van der Waals surface area contributed by atoms with E-state index in [-0.39, 0.29) is 5.56 Å². The van der Waals surface area contributed by atoms with Crippen LogP contribution in [0.15, 0.2) is 84.9 Å². The molecular formula is C25H20N2O4. The monoisotopic (exact) mass is 412 g/mol. The molecule has 0 spiro atoms. The summed E-state index contributed by atoms with van der Waals surface area (Å²) in [6.45, 7) is 0. The summed E-state index contributed by atoms with van der Waals surface area (Å²) in [4.78, 5) is 24.6. The Hall–Kier alpha value is -4.32. The molecule has 0 bridgehead atoms. The lowest BCUT2D eigenvalue weighted by Crippen LogP contribution is -2.15. The Morgan fingerprint density at radius 1 is 0.839 bits per heavy atom. The molecule has 0 fully saturated rings. The van der Waals surface area contributed by atoms with Gasteiger partial charge in [0.05, 0.1) is 24.0 Å². The van der Waals surface area contributed by atoms with Crippen molar-refractivity contribution in [2.45, 2.75) is 0 Å². The van der Waals surface area contributed by atoms with Crippen LogP contribution < -0.4 is 15.8 Å². The number of benzene rings is 4. The Morgan fingerprint density at radius 2 is 1.58 bits per heavy atom. The van der Waals surface area contributed by atoms with Crippen molar-refractivity contribution in [3.8, 4) is 11.5 Å². The molecule has 0 aliphatic carbocycles. The highest BCUT2D eigenvalue weighted by molar-refractivity contribution is 6.08. The molecular weight excluding hydrogens is 392 g/mol. The second kappa shape index (κ2) is 8.59. The third kappa shape index (κ3) is 4.33. The molecule has 0 aliphatic heterocycles. The van der Waals surface area contributed by atoms with E-state index in [1.807, 2.05) is 42.5 Å². The van der Waals surface area contributed by atoms with Gasteiger partial charge >= 0.3 is 5.97 Å². The van der Waals surface area contributed by atoms with Crippen LogP contribution in [0.25, 0.3) is 10.8 Å². The molecule has 6 nitrogen and oxygen atoms in total. The van der Waals surface area contributed by atoms with E-state index in [0.29, 0.717) is 28.4 Å². The topological polar surface area (TPSA) is 90.6 Å². The van der Waals surface area contributed by atoms with Crippen molar-refractivity contribution in [2.24, 2.45) is 0 Å². The normalized spacial score (nSPS) is 10.5. The number of ether oxygens (including phenoxy) is 2. The number of para-hydroxylation sites is 1. The smallest absolute Gasteiger partial charge is 0.339 e. The Labute approximate surface area is 179 Å². The lowest BCUT2D eigenvalue weighted by Gasteiger charge is -2.12. The van der Waals surface area contributed by atoms with Gasteiger partial charge in [-0.2, -0.15) is 0 Å². The van der Waals surface area contributed by atoms with Crippen LogP contribution in [0.1, 0.15) is 20.7 Å². The van der Waals surface area contributed by atoms with Gasteiger partial charge in [0.1, 0.15) is 11.5 Å². The van der Waals surface area contributed by atoms with E-state index in [4.69, 9.17) is 15.2 Å². The highest BCUT2D eigenvalue weighted by Crippen LogP contribution is 2.30. The minimum Gasteiger partial charge on any atom is -0.465 e. The maximum absolute atomic E-state index is 12.7. The molecule has 3 N–H and O–H groups in total. The molecule has 0 radical (unpaired) electrons.